The minimum absolute atomic E-state index is 0.233. The lowest BCUT2D eigenvalue weighted by Crippen LogP contribution is -2.37. The molecule has 0 amide bonds. The lowest BCUT2D eigenvalue weighted by atomic mass is 10.1. The molecule has 102 valence electrons. The van der Waals surface area contributed by atoms with Crippen LogP contribution in [0.2, 0.25) is 0 Å². The van der Waals surface area contributed by atoms with E-state index in [-0.39, 0.29) is 6.04 Å². The van der Waals surface area contributed by atoms with Crippen molar-refractivity contribution in [3.63, 3.8) is 0 Å². The normalized spacial score (nSPS) is 12.9. The summed E-state index contributed by atoms with van der Waals surface area (Å²) < 4.78 is 5.33. The summed E-state index contributed by atoms with van der Waals surface area (Å²) in [5.74, 6) is 0. The van der Waals surface area contributed by atoms with Gasteiger partial charge in [-0.2, -0.15) is 0 Å². The Labute approximate surface area is 111 Å². The maximum absolute atomic E-state index is 6.14. The second-order valence-electron chi connectivity index (χ2n) is 4.74. The predicted octanol–water partition coefficient (Wildman–Crippen LogP) is 1.91. The highest BCUT2D eigenvalue weighted by Crippen LogP contribution is 2.04. The highest BCUT2D eigenvalue weighted by molar-refractivity contribution is 5.14. The zero-order valence-corrected chi connectivity index (χ0v) is 11.6. The minimum atomic E-state index is 0.233. The molecule has 1 aromatic carbocycles. The van der Waals surface area contributed by atoms with Crippen molar-refractivity contribution >= 4 is 0 Å². The zero-order valence-electron chi connectivity index (χ0n) is 11.6. The standard InChI is InChI=1S/C15H26N2O/c1-3-18-12-11-17(2)13-15(16)10-9-14-7-5-4-6-8-14/h4-8,15H,3,9-13,16H2,1-2H3. The van der Waals surface area contributed by atoms with Crippen molar-refractivity contribution in [3.8, 4) is 0 Å². The second kappa shape index (κ2) is 9.09. The van der Waals surface area contributed by atoms with Crippen LogP contribution in [0, 0.1) is 0 Å². The summed E-state index contributed by atoms with van der Waals surface area (Å²) in [5.41, 5.74) is 7.51. The third kappa shape index (κ3) is 6.74. The van der Waals surface area contributed by atoms with E-state index < -0.39 is 0 Å². The Kier molecular flexibility index (Phi) is 7.65. The smallest absolute Gasteiger partial charge is 0.0593 e. The first-order chi connectivity index (χ1) is 8.72. The quantitative estimate of drug-likeness (QED) is 0.680. The van der Waals surface area contributed by atoms with E-state index in [1.807, 2.05) is 13.0 Å². The van der Waals surface area contributed by atoms with Crippen molar-refractivity contribution in [3.05, 3.63) is 35.9 Å². The van der Waals surface area contributed by atoms with Crippen molar-refractivity contribution in [1.29, 1.82) is 0 Å². The van der Waals surface area contributed by atoms with Gasteiger partial charge in [0.05, 0.1) is 6.61 Å². The van der Waals surface area contributed by atoms with Crippen LogP contribution in [-0.2, 0) is 11.2 Å². The van der Waals surface area contributed by atoms with Gasteiger partial charge < -0.3 is 15.4 Å². The van der Waals surface area contributed by atoms with Crippen LogP contribution >= 0.6 is 0 Å². The molecule has 3 nitrogen and oxygen atoms in total. The van der Waals surface area contributed by atoms with Gasteiger partial charge in [-0.25, -0.2) is 0 Å². The molecular formula is C15H26N2O. The summed E-state index contributed by atoms with van der Waals surface area (Å²) in [7, 11) is 2.10. The van der Waals surface area contributed by atoms with Crippen molar-refractivity contribution in [2.45, 2.75) is 25.8 Å². The maximum atomic E-state index is 6.14. The number of nitrogens with two attached hydrogens (primary N) is 1. The van der Waals surface area contributed by atoms with E-state index in [1.165, 1.54) is 5.56 Å². The Morgan fingerprint density at radius 3 is 2.67 bits per heavy atom. The van der Waals surface area contributed by atoms with Gasteiger partial charge in [0, 0.05) is 25.7 Å². The van der Waals surface area contributed by atoms with Gasteiger partial charge in [0.2, 0.25) is 0 Å². The SMILES string of the molecule is CCOCCN(C)CC(N)CCc1ccccc1. The molecule has 3 heteroatoms. The first kappa shape index (κ1) is 15.2. The van der Waals surface area contributed by atoms with E-state index in [4.69, 9.17) is 10.5 Å². The molecule has 0 saturated carbocycles. The third-order valence-electron chi connectivity index (χ3n) is 3.01. The van der Waals surface area contributed by atoms with Crippen LogP contribution in [0.25, 0.3) is 0 Å². The summed E-state index contributed by atoms with van der Waals surface area (Å²) in [6, 6.07) is 10.8. The molecule has 0 aromatic heterocycles. The Hall–Kier alpha value is -0.900. The van der Waals surface area contributed by atoms with E-state index >= 15 is 0 Å². The molecule has 1 atom stereocenters. The predicted molar refractivity (Wildman–Crippen MR) is 76.7 cm³/mol. The van der Waals surface area contributed by atoms with E-state index in [2.05, 4.69) is 36.2 Å². The molecule has 0 spiro atoms. The number of nitrogens with zero attached hydrogens (tertiary/aromatic N) is 1. The second-order valence-corrected chi connectivity index (χ2v) is 4.74. The van der Waals surface area contributed by atoms with E-state index in [0.29, 0.717) is 0 Å². The fourth-order valence-corrected chi connectivity index (χ4v) is 1.94. The maximum Gasteiger partial charge on any atom is 0.0593 e. The molecule has 1 unspecified atom stereocenters. The lowest BCUT2D eigenvalue weighted by molar-refractivity contribution is 0.120. The highest BCUT2D eigenvalue weighted by atomic mass is 16.5. The molecule has 0 fully saturated rings. The Bertz CT molecular complexity index is 303. The van der Waals surface area contributed by atoms with Gasteiger partial charge in [0.25, 0.3) is 0 Å². The average Bonchev–Trinajstić information content (AvgIpc) is 2.38. The van der Waals surface area contributed by atoms with E-state index in [0.717, 1.165) is 39.1 Å². The van der Waals surface area contributed by atoms with Crippen LogP contribution in [0.15, 0.2) is 30.3 Å². The lowest BCUT2D eigenvalue weighted by Gasteiger charge is -2.21. The average molecular weight is 250 g/mol. The van der Waals surface area contributed by atoms with Crippen molar-refractivity contribution in [1.82, 2.24) is 4.90 Å². The number of hydrogen-bond acceptors (Lipinski definition) is 3. The number of aryl methyl sites for hydroxylation is 1. The van der Waals surface area contributed by atoms with Gasteiger partial charge in [-0.15, -0.1) is 0 Å². The Morgan fingerprint density at radius 2 is 2.00 bits per heavy atom. The molecule has 0 heterocycles. The molecule has 0 bridgehead atoms. The molecule has 0 aliphatic heterocycles. The summed E-state index contributed by atoms with van der Waals surface area (Å²) in [6.45, 7) is 5.48. The first-order valence-corrected chi connectivity index (χ1v) is 6.78. The monoisotopic (exact) mass is 250 g/mol. The summed E-state index contributed by atoms with van der Waals surface area (Å²) in [6.07, 6.45) is 2.09. The summed E-state index contributed by atoms with van der Waals surface area (Å²) >= 11 is 0. The number of benzene rings is 1. The van der Waals surface area contributed by atoms with Crippen molar-refractivity contribution < 1.29 is 4.74 Å². The number of likely N-dealkylation sites (N-methyl/N-ethyl adjacent to an activating group) is 1. The summed E-state index contributed by atoms with van der Waals surface area (Å²) in [5, 5.41) is 0. The van der Waals surface area contributed by atoms with Crippen molar-refractivity contribution in [2.24, 2.45) is 5.73 Å². The van der Waals surface area contributed by atoms with Crippen LogP contribution in [0.5, 0.6) is 0 Å². The first-order valence-electron chi connectivity index (χ1n) is 6.78. The molecule has 0 saturated heterocycles. The molecule has 1 aromatic rings. The van der Waals surface area contributed by atoms with Gasteiger partial charge in [-0.05, 0) is 32.4 Å². The largest absolute Gasteiger partial charge is 0.380 e. The van der Waals surface area contributed by atoms with E-state index in [9.17, 15) is 0 Å². The number of ether oxygens (including phenoxy) is 1. The van der Waals surface area contributed by atoms with Crippen LogP contribution in [-0.4, -0.2) is 44.3 Å². The molecule has 2 N–H and O–H groups in total. The Morgan fingerprint density at radius 1 is 1.28 bits per heavy atom. The van der Waals surface area contributed by atoms with Crippen LogP contribution < -0.4 is 5.73 Å². The Balaban J connectivity index is 2.15. The number of rotatable bonds is 9. The van der Waals surface area contributed by atoms with Crippen LogP contribution in [0.1, 0.15) is 18.9 Å². The molecule has 0 aliphatic carbocycles. The van der Waals surface area contributed by atoms with E-state index in [1.54, 1.807) is 0 Å². The fourth-order valence-electron chi connectivity index (χ4n) is 1.94. The van der Waals surface area contributed by atoms with Crippen LogP contribution in [0.3, 0.4) is 0 Å². The number of hydrogen-bond donors (Lipinski definition) is 1. The molecule has 0 aliphatic rings. The van der Waals surface area contributed by atoms with Gasteiger partial charge in [0.15, 0.2) is 0 Å². The third-order valence-corrected chi connectivity index (χ3v) is 3.01. The molecule has 1 rings (SSSR count). The fraction of sp³-hybridized carbons (Fsp3) is 0.600. The van der Waals surface area contributed by atoms with Gasteiger partial charge in [-0.3, -0.25) is 0 Å². The molecular weight excluding hydrogens is 224 g/mol. The van der Waals surface area contributed by atoms with Crippen molar-refractivity contribution in [2.75, 3.05) is 33.4 Å². The van der Waals surface area contributed by atoms with Crippen LogP contribution in [0.4, 0.5) is 0 Å². The van der Waals surface area contributed by atoms with Gasteiger partial charge in [-0.1, -0.05) is 30.3 Å². The highest BCUT2D eigenvalue weighted by Gasteiger charge is 2.06. The molecule has 0 radical (unpaired) electrons. The summed E-state index contributed by atoms with van der Waals surface area (Å²) in [4.78, 5) is 2.24. The van der Waals surface area contributed by atoms with Gasteiger partial charge >= 0.3 is 0 Å². The zero-order chi connectivity index (χ0) is 13.2. The topological polar surface area (TPSA) is 38.5 Å². The molecule has 18 heavy (non-hydrogen) atoms. The minimum Gasteiger partial charge on any atom is -0.380 e. The van der Waals surface area contributed by atoms with Gasteiger partial charge in [0.1, 0.15) is 0 Å².